The topological polar surface area (TPSA) is 32.8 Å². The Morgan fingerprint density at radius 3 is 2.70 bits per heavy atom. The molecule has 0 fully saturated rings. The minimum Gasteiger partial charge on any atom is -0.491 e. The maximum atomic E-state index is 13.9. The number of carbonyl (C=O) groups excluding carboxylic acids is 1. The summed E-state index contributed by atoms with van der Waals surface area (Å²) in [5.41, 5.74) is 2.66. The molecule has 0 bridgehead atoms. The van der Waals surface area contributed by atoms with E-state index in [1.54, 1.807) is 23.1 Å². The highest BCUT2D eigenvalue weighted by atomic mass is 19.1. The van der Waals surface area contributed by atoms with Crippen LogP contribution in [0, 0.1) is 5.82 Å². The van der Waals surface area contributed by atoms with E-state index in [0.29, 0.717) is 25.3 Å². The molecule has 5 heteroatoms. The van der Waals surface area contributed by atoms with Crippen LogP contribution in [0.1, 0.15) is 30.5 Å². The molecule has 144 valence electrons. The summed E-state index contributed by atoms with van der Waals surface area (Å²) >= 11 is 0. The van der Waals surface area contributed by atoms with Gasteiger partial charge in [0, 0.05) is 18.7 Å². The maximum Gasteiger partial charge on any atom is 0.227 e. The van der Waals surface area contributed by atoms with Gasteiger partial charge >= 0.3 is 0 Å². The highest BCUT2D eigenvalue weighted by Gasteiger charge is 2.21. The number of ether oxygens (including phenoxy) is 1. The minimum atomic E-state index is -0.334. The average molecular weight is 370 g/mol. The molecule has 4 nitrogen and oxygen atoms in total. The summed E-state index contributed by atoms with van der Waals surface area (Å²) in [5, 5.41) is 0. The van der Waals surface area contributed by atoms with Gasteiger partial charge in [0.05, 0.1) is 13.0 Å². The Bertz CT molecular complexity index is 790. The largest absolute Gasteiger partial charge is 0.491 e. The predicted octanol–water partition coefficient (Wildman–Crippen LogP) is 3.63. The highest BCUT2D eigenvalue weighted by Crippen LogP contribution is 2.25. The molecule has 0 N–H and O–H groups in total. The lowest BCUT2D eigenvalue weighted by Gasteiger charge is -2.21. The van der Waals surface area contributed by atoms with E-state index in [0.717, 1.165) is 30.9 Å². The number of fused-ring (bicyclic) bond motifs is 1. The molecule has 0 aromatic heterocycles. The summed E-state index contributed by atoms with van der Waals surface area (Å²) in [4.78, 5) is 16.8. The van der Waals surface area contributed by atoms with Crippen LogP contribution in [0.5, 0.6) is 5.75 Å². The molecular weight excluding hydrogens is 343 g/mol. The molecule has 3 rings (SSSR count). The maximum absolute atomic E-state index is 13.9. The van der Waals surface area contributed by atoms with Gasteiger partial charge in [-0.25, -0.2) is 4.39 Å². The quantitative estimate of drug-likeness (QED) is 0.778. The van der Waals surface area contributed by atoms with Gasteiger partial charge in [0.1, 0.15) is 18.2 Å². The smallest absolute Gasteiger partial charge is 0.227 e. The Labute approximate surface area is 160 Å². The van der Waals surface area contributed by atoms with Gasteiger partial charge in [-0.2, -0.15) is 0 Å². The van der Waals surface area contributed by atoms with E-state index >= 15 is 0 Å². The lowest BCUT2D eigenvalue weighted by Crippen LogP contribution is -2.33. The van der Waals surface area contributed by atoms with Crippen molar-refractivity contribution in [2.45, 2.75) is 33.4 Å². The zero-order chi connectivity index (χ0) is 19.2. The third-order valence-electron chi connectivity index (χ3n) is 5.06. The van der Waals surface area contributed by atoms with Crippen molar-refractivity contribution in [3.8, 4) is 5.75 Å². The van der Waals surface area contributed by atoms with Crippen molar-refractivity contribution in [3.05, 3.63) is 65.0 Å². The van der Waals surface area contributed by atoms with Gasteiger partial charge in [0.15, 0.2) is 0 Å². The van der Waals surface area contributed by atoms with Crippen molar-refractivity contribution in [1.82, 2.24) is 9.80 Å². The number of benzene rings is 2. The zero-order valence-corrected chi connectivity index (χ0v) is 16.1. The fourth-order valence-electron chi connectivity index (χ4n) is 3.38. The first-order chi connectivity index (χ1) is 13.1. The highest BCUT2D eigenvalue weighted by molar-refractivity contribution is 5.79. The van der Waals surface area contributed by atoms with Crippen LogP contribution in [0.3, 0.4) is 0 Å². The first-order valence-electron chi connectivity index (χ1n) is 9.58. The summed E-state index contributed by atoms with van der Waals surface area (Å²) in [5.74, 6) is 0.420. The summed E-state index contributed by atoms with van der Waals surface area (Å²) in [6.07, 6.45) is 0.0706. The molecule has 2 aromatic rings. The third-order valence-corrected chi connectivity index (χ3v) is 5.06. The van der Waals surface area contributed by atoms with Crippen LogP contribution < -0.4 is 4.74 Å². The van der Waals surface area contributed by atoms with E-state index in [-0.39, 0.29) is 18.1 Å². The molecular formula is C22H27FN2O2. The Morgan fingerprint density at radius 2 is 1.96 bits per heavy atom. The molecule has 1 aliphatic rings. The Balaban J connectivity index is 1.74. The Kier molecular flexibility index (Phi) is 6.45. The Morgan fingerprint density at radius 1 is 1.19 bits per heavy atom. The predicted molar refractivity (Wildman–Crippen MR) is 104 cm³/mol. The standard InChI is InChI=1S/C22H27FN2O2/c1-3-24(4-2)15-17-9-10-21-19(13-17)16-25(11-12-27-21)22(26)14-18-7-5-6-8-20(18)23/h5-10,13H,3-4,11-12,14-16H2,1-2H3. The number of carbonyl (C=O) groups is 1. The molecule has 0 saturated heterocycles. The first kappa shape index (κ1) is 19.4. The normalized spacial score (nSPS) is 13.9. The van der Waals surface area contributed by atoms with E-state index in [1.165, 1.54) is 11.6 Å². The average Bonchev–Trinajstić information content (AvgIpc) is 2.90. The number of amides is 1. The van der Waals surface area contributed by atoms with Gasteiger partial charge in [-0.1, -0.05) is 38.1 Å². The fraction of sp³-hybridized carbons (Fsp3) is 0.409. The van der Waals surface area contributed by atoms with Crippen LogP contribution in [-0.4, -0.2) is 41.9 Å². The van der Waals surface area contributed by atoms with Crippen LogP contribution in [0.2, 0.25) is 0 Å². The lowest BCUT2D eigenvalue weighted by atomic mass is 10.1. The molecule has 0 spiro atoms. The molecule has 0 radical (unpaired) electrons. The van der Waals surface area contributed by atoms with Crippen molar-refractivity contribution >= 4 is 5.91 Å². The molecule has 27 heavy (non-hydrogen) atoms. The van der Waals surface area contributed by atoms with Crippen LogP contribution >= 0.6 is 0 Å². The SMILES string of the molecule is CCN(CC)Cc1ccc2c(c1)CN(C(=O)Cc1ccccc1F)CCO2. The molecule has 1 aliphatic heterocycles. The van der Waals surface area contributed by atoms with Crippen molar-refractivity contribution in [1.29, 1.82) is 0 Å². The van der Waals surface area contributed by atoms with E-state index in [2.05, 4.69) is 30.9 Å². The molecule has 0 aliphatic carbocycles. The molecule has 0 atom stereocenters. The van der Waals surface area contributed by atoms with Gasteiger partial charge in [-0.05, 0) is 42.4 Å². The number of nitrogens with zero attached hydrogens (tertiary/aromatic N) is 2. The van der Waals surface area contributed by atoms with Gasteiger partial charge in [0.25, 0.3) is 0 Å². The lowest BCUT2D eigenvalue weighted by molar-refractivity contribution is -0.131. The van der Waals surface area contributed by atoms with Crippen LogP contribution in [0.4, 0.5) is 4.39 Å². The zero-order valence-electron chi connectivity index (χ0n) is 16.1. The second-order valence-electron chi connectivity index (χ2n) is 6.84. The van der Waals surface area contributed by atoms with E-state index in [1.807, 2.05) is 6.07 Å². The van der Waals surface area contributed by atoms with E-state index in [9.17, 15) is 9.18 Å². The monoisotopic (exact) mass is 370 g/mol. The van der Waals surface area contributed by atoms with Gasteiger partial charge in [-0.3, -0.25) is 9.69 Å². The second kappa shape index (κ2) is 9.00. The van der Waals surface area contributed by atoms with E-state index < -0.39 is 0 Å². The second-order valence-corrected chi connectivity index (χ2v) is 6.84. The fourth-order valence-corrected chi connectivity index (χ4v) is 3.38. The third kappa shape index (κ3) is 4.86. The summed E-state index contributed by atoms with van der Waals surface area (Å²) in [7, 11) is 0. The number of hydrogen-bond donors (Lipinski definition) is 0. The number of rotatable bonds is 6. The van der Waals surface area contributed by atoms with Crippen molar-refractivity contribution in [2.75, 3.05) is 26.2 Å². The minimum absolute atomic E-state index is 0.0706. The summed E-state index contributed by atoms with van der Waals surface area (Å²) < 4.78 is 19.7. The number of hydrogen-bond acceptors (Lipinski definition) is 3. The van der Waals surface area contributed by atoms with Crippen LogP contribution in [0.15, 0.2) is 42.5 Å². The Hall–Kier alpha value is -2.40. The van der Waals surface area contributed by atoms with Crippen molar-refractivity contribution in [2.24, 2.45) is 0 Å². The molecule has 1 amide bonds. The summed E-state index contributed by atoms with van der Waals surface area (Å²) in [6, 6.07) is 12.7. The molecule has 0 saturated carbocycles. The molecule has 0 unspecified atom stereocenters. The van der Waals surface area contributed by atoms with Gasteiger partial charge in [-0.15, -0.1) is 0 Å². The van der Waals surface area contributed by atoms with E-state index in [4.69, 9.17) is 4.74 Å². The van der Waals surface area contributed by atoms with Crippen LogP contribution in [-0.2, 0) is 24.3 Å². The van der Waals surface area contributed by atoms with Gasteiger partial charge in [0.2, 0.25) is 5.91 Å². The first-order valence-corrected chi connectivity index (χ1v) is 9.58. The van der Waals surface area contributed by atoms with Gasteiger partial charge < -0.3 is 9.64 Å². The van der Waals surface area contributed by atoms with Crippen LogP contribution in [0.25, 0.3) is 0 Å². The summed E-state index contributed by atoms with van der Waals surface area (Å²) in [6.45, 7) is 8.63. The van der Waals surface area contributed by atoms with Crippen molar-refractivity contribution in [3.63, 3.8) is 0 Å². The van der Waals surface area contributed by atoms with Crippen molar-refractivity contribution < 1.29 is 13.9 Å². The molecule has 2 aromatic carbocycles. The molecule has 1 heterocycles. The number of halogens is 1.